The number of esters is 1. The molecule has 1 saturated heterocycles. The molecule has 0 amide bonds. The Morgan fingerprint density at radius 1 is 1.47 bits per heavy atom. The first-order chi connectivity index (χ1) is 6.72. The van der Waals surface area contributed by atoms with E-state index >= 15 is 0 Å². The molecule has 1 fully saturated rings. The Balaban J connectivity index is 2.65. The normalized spacial score (nSPS) is 26.1. The van der Waals surface area contributed by atoms with Gasteiger partial charge in [0.25, 0.3) is 0 Å². The van der Waals surface area contributed by atoms with Crippen molar-refractivity contribution in [2.24, 2.45) is 0 Å². The second-order valence-corrected chi connectivity index (χ2v) is 7.12. The summed E-state index contributed by atoms with van der Waals surface area (Å²) in [7, 11) is 0. The van der Waals surface area contributed by atoms with E-state index in [-0.39, 0.29) is 16.8 Å². The van der Waals surface area contributed by atoms with Gasteiger partial charge in [0, 0.05) is 17.0 Å². The van der Waals surface area contributed by atoms with Crippen LogP contribution in [0.4, 0.5) is 0 Å². The molecule has 0 bridgehead atoms. The Kier molecular flexibility index (Phi) is 3.71. The summed E-state index contributed by atoms with van der Waals surface area (Å²) in [5.41, 5.74) is -0.406. The molecule has 0 saturated carbocycles. The molecule has 1 aliphatic heterocycles. The van der Waals surface area contributed by atoms with E-state index in [4.69, 9.17) is 4.74 Å². The SMILES string of the molecule is CC(C)(C)OC(=O)C1NCCSC1(C)C. The zero-order valence-electron chi connectivity index (χ0n) is 10.2. The summed E-state index contributed by atoms with van der Waals surface area (Å²) in [6.07, 6.45) is 0. The number of carbonyl (C=O) groups excluding carboxylic acids is 1. The highest BCUT2D eigenvalue weighted by Gasteiger charge is 2.40. The van der Waals surface area contributed by atoms with Crippen LogP contribution in [0.2, 0.25) is 0 Å². The maximum absolute atomic E-state index is 11.9. The molecule has 4 heteroatoms. The first kappa shape index (κ1) is 12.8. The van der Waals surface area contributed by atoms with Gasteiger partial charge in [-0.2, -0.15) is 11.8 Å². The summed E-state index contributed by atoms with van der Waals surface area (Å²) < 4.78 is 5.32. The Morgan fingerprint density at radius 3 is 2.53 bits per heavy atom. The average Bonchev–Trinajstić information content (AvgIpc) is 1.99. The first-order valence-corrected chi connectivity index (χ1v) is 6.31. The van der Waals surface area contributed by atoms with Crippen molar-refractivity contribution in [2.75, 3.05) is 12.3 Å². The predicted octanol–water partition coefficient (Wildman–Crippen LogP) is 1.81. The number of nitrogens with one attached hydrogen (secondary N) is 1. The number of ether oxygens (including phenoxy) is 1. The molecule has 1 atom stereocenters. The van der Waals surface area contributed by atoms with Crippen LogP contribution in [0.15, 0.2) is 0 Å². The molecule has 15 heavy (non-hydrogen) atoms. The van der Waals surface area contributed by atoms with Crippen molar-refractivity contribution in [1.82, 2.24) is 5.32 Å². The van der Waals surface area contributed by atoms with Gasteiger partial charge in [-0.3, -0.25) is 4.79 Å². The van der Waals surface area contributed by atoms with Gasteiger partial charge in [0.2, 0.25) is 0 Å². The Bertz CT molecular complexity index is 245. The van der Waals surface area contributed by atoms with Crippen molar-refractivity contribution in [2.45, 2.75) is 51.0 Å². The molecule has 0 radical (unpaired) electrons. The minimum Gasteiger partial charge on any atom is -0.459 e. The zero-order chi connectivity index (χ0) is 11.7. The van der Waals surface area contributed by atoms with E-state index in [0.29, 0.717) is 0 Å². The van der Waals surface area contributed by atoms with Gasteiger partial charge in [0.05, 0.1) is 0 Å². The van der Waals surface area contributed by atoms with Gasteiger partial charge in [-0.1, -0.05) is 0 Å². The monoisotopic (exact) mass is 231 g/mol. The summed E-state index contributed by atoms with van der Waals surface area (Å²) in [5.74, 6) is 0.909. The fourth-order valence-corrected chi connectivity index (χ4v) is 2.67. The Hall–Kier alpha value is -0.220. The van der Waals surface area contributed by atoms with Crippen molar-refractivity contribution in [1.29, 1.82) is 0 Å². The van der Waals surface area contributed by atoms with E-state index in [1.165, 1.54) is 0 Å². The second kappa shape index (κ2) is 4.34. The molecule has 1 aliphatic rings. The van der Waals surface area contributed by atoms with E-state index in [1.54, 1.807) is 0 Å². The molecule has 1 heterocycles. The maximum atomic E-state index is 11.9. The fourth-order valence-electron chi connectivity index (χ4n) is 1.57. The summed E-state index contributed by atoms with van der Waals surface area (Å²) in [6.45, 7) is 10.7. The van der Waals surface area contributed by atoms with Crippen LogP contribution < -0.4 is 5.32 Å². The molecule has 0 aromatic heterocycles. The molecular formula is C11H21NO2S. The Labute approximate surface area is 96.3 Å². The second-order valence-electron chi connectivity index (χ2n) is 5.37. The minimum atomic E-state index is -0.406. The van der Waals surface area contributed by atoms with Crippen LogP contribution in [0.25, 0.3) is 0 Å². The zero-order valence-corrected chi connectivity index (χ0v) is 11.0. The highest BCUT2D eigenvalue weighted by atomic mass is 32.2. The van der Waals surface area contributed by atoms with Crippen molar-refractivity contribution in [3.8, 4) is 0 Å². The van der Waals surface area contributed by atoms with Crippen molar-refractivity contribution < 1.29 is 9.53 Å². The lowest BCUT2D eigenvalue weighted by Gasteiger charge is -2.38. The predicted molar refractivity (Wildman–Crippen MR) is 64.2 cm³/mol. The van der Waals surface area contributed by atoms with Gasteiger partial charge in [-0.15, -0.1) is 0 Å². The molecular weight excluding hydrogens is 210 g/mol. The standard InChI is InChI=1S/C11H21NO2S/c1-10(2,3)14-9(13)8-11(4,5)15-7-6-12-8/h8,12H,6-7H2,1-5H3. The van der Waals surface area contributed by atoms with E-state index in [0.717, 1.165) is 12.3 Å². The fraction of sp³-hybridized carbons (Fsp3) is 0.909. The quantitative estimate of drug-likeness (QED) is 0.699. The lowest BCUT2D eigenvalue weighted by Crippen LogP contribution is -2.56. The van der Waals surface area contributed by atoms with E-state index in [2.05, 4.69) is 19.2 Å². The number of carbonyl (C=O) groups is 1. The maximum Gasteiger partial charge on any atom is 0.325 e. The lowest BCUT2D eigenvalue weighted by molar-refractivity contribution is -0.158. The van der Waals surface area contributed by atoms with E-state index < -0.39 is 5.60 Å². The largest absolute Gasteiger partial charge is 0.459 e. The molecule has 0 spiro atoms. The minimum absolute atomic E-state index is 0.0828. The molecule has 1 unspecified atom stereocenters. The van der Waals surface area contributed by atoms with Crippen LogP contribution in [0.1, 0.15) is 34.6 Å². The highest BCUT2D eigenvalue weighted by molar-refractivity contribution is 8.00. The van der Waals surface area contributed by atoms with Crippen LogP contribution in [0.3, 0.4) is 0 Å². The first-order valence-electron chi connectivity index (χ1n) is 5.32. The summed E-state index contributed by atoms with van der Waals surface area (Å²) >= 11 is 1.82. The Morgan fingerprint density at radius 2 is 2.07 bits per heavy atom. The molecule has 0 aliphatic carbocycles. The van der Waals surface area contributed by atoms with Gasteiger partial charge in [-0.25, -0.2) is 0 Å². The molecule has 88 valence electrons. The summed E-state index contributed by atoms with van der Waals surface area (Å²) in [6, 6.07) is -0.199. The molecule has 1 rings (SSSR count). The van der Waals surface area contributed by atoms with Crippen LogP contribution in [-0.2, 0) is 9.53 Å². The molecule has 1 N–H and O–H groups in total. The molecule has 0 aromatic carbocycles. The number of thioether (sulfide) groups is 1. The van der Waals surface area contributed by atoms with Gasteiger partial charge in [0.1, 0.15) is 11.6 Å². The van der Waals surface area contributed by atoms with Crippen LogP contribution >= 0.6 is 11.8 Å². The van der Waals surface area contributed by atoms with Crippen molar-refractivity contribution in [3.63, 3.8) is 0 Å². The van der Waals surface area contributed by atoms with Gasteiger partial charge in [-0.05, 0) is 34.6 Å². The van der Waals surface area contributed by atoms with Crippen LogP contribution in [-0.4, -0.2) is 34.7 Å². The topological polar surface area (TPSA) is 38.3 Å². The van der Waals surface area contributed by atoms with Crippen molar-refractivity contribution >= 4 is 17.7 Å². The number of rotatable bonds is 1. The average molecular weight is 231 g/mol. The third-order valence-electron chi connectivity index (χ3n) is 2.26. The molecule has 0 aromatic rings. The number of hydrogen-bond donors (Lipinski definition) is 1. The van der Waals surface area contributed by atoms with Gasteiger partial charge in [0.15, 0.2) is 0 Å². The summed E-state index contributed by atoms with van der Waals surface area (Å²) in [4.78, 5) is 11.9. The number of hydrogen-bond acceptors (Lipinski definition) is 4. The third-order valence-corrected chi connectivity index (χ3v) is 3.65. The van der Waals surface area contributed by atoms with Crippen LogP contribution in [0.5, 0.6) is 0 Å². The third kappa shape index (κ3) is 3.68. The highest BCUT2D eigenvalue weighted by Crippen LogP contribution is 2.32. The van der Waals surface area contributed by atoms with Crippen molar-refractivity contribution in [3.05, 3.63) is 0 Å². The van der Waals surface area contributed by atoms with E-state index in [9.17, 15) is 4.79 Å². The van der Waals surface area contributed by atoms with Crippen LogP contribution in [0, 0.1) is 0 Å². The van der Waals surface area contributed by atoms with Gasteiger partial charge < -0.3 is 10.1 Å². The molecule has 3 nitrogen and oxygen atoms in total. The van der Waals surface area contributed by atoms with Gasteiger partial charge >= 0.3 is 5.97 Å². The summed E-state index contributed by atoms with van der Waals surface area (Å²) in [5, 5.41) is 3.24. The van der Waals surface area contributed by atoms with E-state index in [1.807, 2.05) is 32.5 Å². The smallest absolute Gasteiger partial charge is 0.325 e. The lowest BCUT2D eigenvalue weighted by atomic mass is 10.0.